The second kappa shape index (κ2) is 3.02. The molecule has 0 aromatic carbocycles. The van der Waals surface area contributed by atoms with Gasteiger partial charge in [-0.15, -0.1) is 0 Å². The predicted molar refractivity (Wildman–Crippen MR) is 46.1 cm³/mol. The minimum Gasteiger partial charge on any atom is -0.178 e. The first-order valence-corrected chi connectivity index (χ1v) is 3.92. The number of hydrogen-bond acceptors (Lipinski definition) is 2. The van der Waals surface area contributed by atoms with Gasteiger partial charge in [-0.05, 0) is 5.41 Å². The van der Waals surface area contributed by atoms with Gasteiger partial charge in [0.25, 0.3) is 0 Å². The molecule has 0 saturated heterocycles. The van der Waals surface area contributed by atoms with Gasteiger partial charge in [-0.1, -0.05) is 20.8 Å². The van der Waals surface area contributed by atoms with E-state index in [-0.39, 0.29) is 0 Å². The van der Waals surface area contributed by atoms with Crippen LogP contribution < -0.4 is 0 Å². The maximum Gasteiger partial charge on any atom is 0.0153 e. The van der Waals surface area contributed by atoms with Crippen LogP contribution >= 0.6 is 25.3 Å². The van der Waals surface area contributed by atoms with Gasteiger partial charge < -0.3 is 0 Å². The molecule has 0 radical (unpaired) electrons. The smallest absolute Gasteiger partial charge is 0.0153 e. The monoisotopic (exact) mass is 150 g/mol. The van der Waals surface area contributed by atoms with E-state index in [4.69, 9.17) is 0 Å². The largest absolute Gasteiger partial charge is 0.178 e. The molecule has 0 bridgehead atoms. The molecular formula is C6H14S2. The molecule has 0 aliphatic carbocycles. The summed E-state index contributed by atoms with van der Waals surface area (Å²) in [4.78, 5) is 0. The van der Waals surface area contributed by atoms with Crippen LogP contribution in [0.1, 0.15) is 20.8 Å². The predicted octanol–water partition coefficient (Wildman–Crippen LogP) is 2.26. The molecule has 0 heterocycles. The fraction of sp³-hybridized carbons (Fsp3) is 1.00. The van der Waals surface area contributed by atoms with Gasteiger partial charge in [-0.2, -0.15) is 25.3 Å². The van der Waals surface area contributed by atoms with Gasteiger partial charge >= 0.3 is 0 Å². The minimum absolute atomic E-state index is 0.296. The summed E-state index contributed by atoms with van der Waals surface area (Å²) in [5.74, 6) is 0.854. The third-order valence-electron chi connectivity index (χ3n) is 1.17. The van der Waals surface area contributed by atoms with Crippen molar-refractivity contribution in [2.24, 2.45) is 5.41 Å². The van der Waals surface area contributed by atoms with Crippen LogP contribution in [0.15, 0.2) is 0 Å². The maximum atomic E-state index is 4.33. The molecule has 8 heavy (non-hydrogen) atoms. The van der Waals surface area contributed by atoms with Crippen molar-refractivity contribution in [1.29, 1.82) is 0 Å². The summed E-state index contributed by atoms with van der Waals surface area (Å²) in [5.41, 5.74) is 0.296. The molecule has 1 atom stereocenters. The highest BCUT2D eigenvalue weighted by atomic mass is 32.1. The number of thiol groups is 2. The van der Waals surface area contributed by atoms with Crippen molar-refractivity contribution in [2.45, 2.75) is 26.0 Å². The van der Waals surface area contributed by atoms with Gasteiger partial charge in [0.15, 0.2) is 0 Å². The first-order chi connectivity index (χ1) is 3.48. The molecule has 0 nitrogen and oxygen atoms in total. The Morgan fingerprint density at radius 3 is 1.75 bits per heavy atom. The van der Waals surface area contributed by atoms with E-state index < -0.39 is 0 Å². The second-order valence-electron chi connectivity index (χ2n) is 3.06. The molecule has 0 aliphatic rings. The number of rotatable bonds is 1. The SMILES string of the molecule is CC(C)(C)[C@@H](S)CS. The van der Waals surface area contributed by atoms with E-state index in [1.54, 1.807) is 0 Å². The van der Waals surface area contributed by atoms with Gasteiger partial charge in [-0.3, -0.25) is 0 Å². The van der Waals surface area contributed by atoms with E-state index >= 15 is 0 Å². The summed E-state index contributed by atoms with van der Waals surface area (Å²) in [6, 6.07) is 0. The Morgan fingerprint density at radius 2 is 1.75 bits per heavy atom. The van der Waals surface area contributed by atoms with Crippen LogP contribution in [0.5, 0.6) is 0 Å². The lowest BCUT2D eigenvalue weighted by molar-refractivity contribution is 0.417. The topological polar surface area (TPSA) is 0 Å². The van der Waals surface area contributed by atoms with Crippen LogP contribution in [0, 0.1) is 5.41 Å². The van der Waals surface area contributed by atoms with Crippen molar-refractivity contribution in [1.82, 2.24) is 0 Å². The van der Waals surface area contributed by atoms with E-state index in [1.165, 1.54) is 0 Å². The normalized spacial score (nSPS) is 16.1. The summed E-state index contributed by atoms with van der Waals surface area (Å²) < 4.78 is 0. The van der Waals surface area contributed by atoms with Crippen LogP contribution in [-0.2, 0) is 0 Å². The zero-order valence-electron chi connectivity index (χ0n) is 5.68. The highest BCUT2D eigenvalue weighted by molar-refractivity contribution is 7.84. The average Bonchev–Trinajstić information content (AvgIpc) is 1.62. The molecule has 0 aromatic heterocycles. The lowest BCUT2D eigenvalue weighted by atomic mass is 9.93. The molecule has 0 saturated carbocycles. The third-order valence-corrected chi connectivity index (χ3v) is 2.78. The lowest BCUT2D eigenvalue weighted by Gasteiger charge is -2.24. The number of hydrogen-bond donors (Lipinski definition) is 2. The zero-order valence-corrected chi connectivity index (χ0v) is 7.47. The van der Waals surface area contributed by atoms with Crippen LogP contribution in [0.3, 0.4) is 0 Å². The summed E-state index contributed by atoms with van der Waals surface area (Å²) in [7, 11) is 0. The Labute approximate surface area is 62.9 Å². The van der Waals surface area contributed by atoms with Gasteiger partial charge in [0.2, 0.25) is 0 Å². The highest BCUT2D eigenvalue weighted by Gasteiger charge is 2.18. The molecule has 0 rings (SSSR count). The molecule has 0 unspecified atom stereocenters. The van der Waals surface area contributed by atoms with Crippen molar-refractivity contribution in [2.75, 3.05) is 5.75 Å². The fourth-order valence-electron chi connectivity index (χ4n) is 0.274. The Bertz CT molecular complexity index is 63.4. The molecule has 0 spiro atoms. The Hall–Kier alpha value is 0.700. The Morgan fingerprint density at radius 1 is 1.38 bits per heavy atom. The standard InChI is InChI=1S/C6H14S2/c1-6(2,3)5(8)4-7/h5,7-8H,4H2,1-3H3/t5-/m0/s1. The lowest BCUT2D eigenvalue weighted by Crippen LogP contribution is -2.21. The summed E-state index contributed by atoms with van der Waals surface area (Å²) >= 11 is 8.47. The molecule has 0 aliphatic heterocycles. The van der Waals surface area contributed by atoms with Gasteiger partial charge in [0.1, 0.15) is 0 Å². The zero-order chi connectivity index (χ0) is 6.78. The summed E-state index contributed by atoms with van der Waals surface area (Å²) in [6.45, 7) is 6.50. The van der Waals surface area contributed by atoms with Crippen LogP contribution in [-0.4, -0.2) is 11.0 Å². The van der Waals surface area contributed by atoms with Crippen molar-refractivity contribution in [3.8, 4) is 0 Å². The Balaban J connectivity index is 3.62. The van der Waals surface area contributed by atoms with Crippen LogP contribution in [0.4, 0.5) is 0 Å². The van der Waals surface area contributed by atoms with E-state index in [0.29, 0.717) is 10.7 Å². The van der Waals surface area contributed by atoms with Crippen molar-refractivity contribution < 1.29 is 0 Å². The van der Waals surface area contributed by atoms with Crippen molar-refractivity contribution in [3.05, 3.63) is 0 Å². The first kappa shape index (κ1) is 8.70. The quantitative estimate of drug-likeness (QED) is 0.526. The van der Waals surface area contributed by atoms with E-state index in [2.05, 4.69) is 46.0 Å². The van der Waals surface area contributed by atoms with E-state index in [1.807, 2.05) is 0 Å². The Kier molecular flexibility index (Phi) is 3.28. The van der Waals surface area contributed by atoms with Gasteiger partial charge in [-0.25, -0.2) is 0 Å². The van der Waals surface area contributed by atoms with Gasteiger partial charge in [0.05, 0.1) is 0 Å². The molecule has 0 N–H and O–H groups in total. The van der Waals surface area contributed by atoms with Crippen LogP contribution in [0.2, 0.25) is 0 Å². The minimum atomic E-state index is 0.296. The fourth-order valence-corrected chi connectivity index (χ4v) is 0.822. The van der Waals surface area contributed by atoms with E-state index in [9.17, 15) is 0 Å². The maximum absolute atomic E-state index is 4.33. The highest BCUT2D eigenvalue weighted by Crippen LogP contribution is 2.24. The summed E-state index contributed by atoms with van der Waals surface area (Å²) in [6.07, 6.45) is 0. The first-order valence-electron chi connectivity index (χ1n) is 2.77. The molecular weight excluding hydrogens is 136 g/mol. The molecule has 2 heteroatoms. The average molecular weight is 150 g/mol. The summed E-state index contributed by atoms with van der Waals surface area (Å²) in [5, 5.41) is 0.408. The van der Waals surface area contributed by atoms with Crippen LogP contribution in [0.25, 0.3) is 0 Å². The van der Waals surface area contributed by atoms with Crippen molar-refractivity contribution >= 4 is 25.3 Å². The molecule has 0 aromatic rings. The van der Waals surface area contributed by atoms with E-state index in [0.717, 1.165) is 5.75 Å². The molecule has 50 valence electrons. The second-order valence-corrected chi connectivity index (χ2v) is 4.05. The molecule has 0 fully saturated rings. The van der Waals surface area contributed by atoms with Crippen molar-refractivity contribution in [3.63, 3.8) is 0 Å². The molecule has 0 amide bonds. The third kappa shape index (κ3) is 2.88. The van der Waals surface area contributed by atoms with Gasteiger partial charge in [0, 0.05) is 11.0 Å².